The zero-order valence-corrected chi connectivity index (χ0v) is 17.3. The van der Waals surface area contributed by atoms with Crippen molar-refractivity contribution < 1.29 is 28.9 Å². The Hall–Kier alpha value is -2.61. The fourth-order valence-electron chi connectivity index (χ4n) is 2.77. The molecule has 0 aliphatic heterocycles. The number of benzene rings is 2. The normalized spacial score (nSPS) is 12.9. The molecular weight excluding hydrogens is 374 g/mol. The van der Waals surface area contributed by atoms with Crippen LogP contribution in [0.1, 0.15) is 24.2 Å². The molecule has 29 heavy (non-hydrogen) atoms. The maximum absolute atomic E-state index is 12.3. The highest BCUT2D eigenvalue weighted by atomic mass is 16.7. The average molecular weight is 403 g/mol. The van der Waals surface area contributed by atoms with E-state index in [-0.39, 0.29) is 12.5 Å². The molecule has 1 amide bonds. The molecule has 0 fully saturated rings. The quantitative estimate of drug-likeness (QED) is 0.582. The summed E-state index contributed by atoms with van der Waals surface area (Å²) in [6.45, 7) is 2.39. The molecule has 2 rings (SSSR count). The summed E-state index contributed by atoms with van der Waals surface area (Å²) in [5, 5.41) is 11.5. The number of amides is 1. The number of aliphatic hydroxyl groups excluding tert-OH is 1. The topological polar surface area (TPSA) is 77.5 Å². The summed E-state index contributed by atoms with van der Waals surface area (Å²) in [4.78, 5) is 17.3. The van der Waals surface area contributed by atoms with Crippen LogP contribution in [-0.2, 0) is 20.8 Å². The number of nitrogens with zero attached hydrogens (tertiary/aromatic N) is 1. The van der Waals surface area contributed by atoms with Gasteiger partial charge in [0.25, 0.3) is 5.91 Å². The molecule has 2 atom stereocenters. The summed E-state index contributed by atoms with van der Waals surface area (Å²) in [6, 6.07) is 14.6. The predicted molar refractivity (Wildman–Crippen MR) is 109 cm³/mol. The highest BCUT2D eigenvalue weighted by Crippen LogP contribution is 2.21. The lowest BCUT2D eigenvalue weighted by atomic mass is 10.1. The van der Waals surface area contributed by atoms with Gasteiger partial charge in [0, 0.05) is 20.1 Å². The van der Waals surface area contributed by atoms with Gasteiger partial charge in [0.2, 0.25) is 0 Å². The number of hydrogen-bond acceptors (Lipinski definition) is 6. The van der Waals surface area contributed by atoms with Gasteiger partial charge in [0.05, 0.1) is 14.2 Å². The molecule has 7 nitrogen and oxygen atoms in total. The molecule has 0 aliphatic rings. The Morgan fingerprint density at radius 3 is 2.45 bits per heavy atom. The van der Waals surface area contributed by atoms with Crippen LogP contribution in [0.2, 0.25) is 0 Å². The Kier molecular flexibility index (Phi) is 8.92. The molecule has 0 bridgehead atoms. The standard InChI is InChI=1S/C22H29NO6/c1-5-28-21(22(25)23(2)27-4)13-16-9-11-18(12-10-16)29-15-20(24)17-7-6-8-19(14-17)26-3/h6-12,14,20-21,24H,5,13,15H2,1-4H3/t20-,21-/m1/s1. The van der Waals surface area contributed by atoms with Gasteiger partial charge >= 0.3 is 0 Å². The van der Waals surface area contributed by atoms with Crippen molar-refractivity contribution in [2.24, 2.45) is 0 Å². The van der Waals surface area contributed by atoms with Crippen molar-refractivity contribution >= 4 is 5.91 Å². The lowest BCUT2D eigenvalue weighted by molar-refractivity contribution is -0.180. The summed E-state index contributed by atoms with van der Waals surface area (Å²) in [5.41, 5.74) is 1.66. The van der Waals surface area contributed by atoms with Crippen molar-refractivity contribution in [3.05, 3.63) is 59.7 Å². The second-order valence-corrected chi connectivity index (χ2v) is 6.41. The fourth-order valence-corrected chi connectivity index (χ4v) is 2.77. The molecule has 1 N–H and O–H groups in total. The first-order chi connectivity index (χ1) is 14.0. The van der Waals surface area contributed by atoms with Crippen LogP contribution in [0.3, 0.4) is 0 Å². The van der Waals surface area contributed by atoms with Gasteiger partial charge in [-0.1, -0.05) is 24.3 Å². The van der Waals surface area contributed by atoms with E-state index in [0.29, 0.717) is 24.5 Å². The van der Waals surface area contributed by atoms with Gasteiger partial charge in [0.15, 0.2) is 0 Å². The van der Waals surface area contributed by atoms with Crippen LogP contribution in [0, 0.1) is 0 Å². The number of carbonyl (C=O) groups is 1. The van der Waals surface area contributed by atoms with E-state index in [4.69, 9.17) is 19.0 Å². The van der Waals surface area contributed by atoms with E-state index in [0.717, 1.165) is 16.2 Å². The van der Waals surface area contributed by atoms with E-state index in [1.54, 1.807) is 32.4 Å². The number of carbonyl (C=O) groups excluding carboxylic acids is 1. The smallest absolute Gasteiger partial charge is 0.275 e. The Balaban J connectivity index is 1.94. The molecule has 0 saturated heterocycles. The van der Waals surface area contributed by atoms with Crippen LogP contribution < -0.4 is 9.47 Å². The van der Waals surface area contributed by atoms with E-state index in [2.05, 4.69) is 0 Å². The zero-order chi connectivity index (χ0) is 21.2. The minimum Gasteiger partial charge on any atom is -0.497 e. The van der Waals surface area contributed by atoms with Gasteiger partial charge in [-0.2, -0.15) is 0 Å². The molecule has 2 aromatic carbocycles. The minimum atomic E-state index is -0.769. The summed E-state index contributed by atoms with van der Waals surface area (Å²) >= 11 is 0. The first-order valence-corrected chi connectivity index (χ1v) is 9.45. The number of hydrogen-bond donors (Lipinski definition) is 1. The lowest BCUT2D eigenvalue weighted by Crippen LogP contribution is -2.38. The monoisotopic (exact) mass is 403 g/mol. The minimum absolute atomic E-state index is 0.116. The third-order valence-electron chi connectivity index (χ3n) is 4.46. The third kappa shape index (κ3) is 6.74. The van der Waals surface area contributed by atoms with Crippen molar-refractivity contribution in [2.45, 2.75) is 25.6 Å². The average Bonchev–Trinajstić information content (AvgIpc) is 2.77. The highest BCUT2D eigenvalue weighted by molar-refractivity contribution is 5.80. The van der Waals surface area contributed by atoms with Crippen LogP contribution in [-0.4, -0.2) is 56.7 Å². The van der Waals surface area contributed by atoms with Crippen LogP contribution in [0.5, 0.6) is 11.5 Å². The summed E-state index contributed by atoms with van der Waals surface area (Å²) in [5.74, 6) is 1.07. The van der Waals surface area contributed by atoms with Crippen molar-refractivity contribution in [3.8, 4) is 11.5 Å². The van der Waals surface area contributed by atoms with Crippen LogP contribution >= 0.6 is 0 Å². The number of methoxy groups -OCH3 is 1. The largest absolute Gasteiger partial charge is 0.497 e. The summed E-state index contributed by atoms with van der Waals surface area (Å²) < 4.78 is 16.4. The number of likely N-dealkylation sites (N-methyl/N-ethyl adjacent to an activating group) is 1. The first-order valence-electron chi connectivity index (χ1n) is 9.45. The maximum atomic E-state index is 12.3. The first kappa shape index (κ1) is 22.7. The van der Waals surface area contributed by atoms with Gasteiger partial charge in [-0.25, -0.2) is 5.06 Å². The maximum Gasteiger partial charge on any atom is 0.275 e. The van der Waals surface area contributed by atoms with Gasteiger partial charge < -0.3 is 19.3 Å². The number of hydroxylamine groups is 2. The molecule has 0 aliphatic carbocycles. The highest BCUT2D eigenvalue weighted by Gasteiger charge is 2.23. The fraction of sp³-hybridized carbons (Fsp3) is 0.409. The molecule has 0 saturated carbocycles. The molecule has 7 heteroatoms. The Bertz CT molecular complexity index is 764. The second-order valence-electron chi connectivity index (χ2n) is 6.41. The summed E-state index contributed by atoms with van der Waals surface area (Å²) in [7, 11) is 4.58. The molecule has 0 radical (unpaired) electrons. The number of aliphatic hydroxyl groups is 1. The molecular formula is C22H29NO6. The third-order valence-corrected chi connectivity index (χ3v) is 4.46. The van der Waals surface area contributed by atoms with Gasteiger partial charge in [-0.15, -0.1) is 0 Å². The molecule has 0 heterocycles. The van der Waals surface area contributed by atoms with E-state index in [9.17, 15) is 9.90 Å². The predicted octanol–water partition coefficient (Wildman–Crippen LogP) is 2.78. The van der Waals surface area contributed by atoms with E-state index in [1.165, 1.54) is 7.11 Å². The van der Waals surface area contributed by atoms with E-state index in [1.807, 2.05) is 37.3 Å². The molecule has 0 aromatic heterocycles. The molecule has 0 spiro atoms. The van der Waals surface area contributed by atoms with Crippen molar-refractivity contribution in [1.29, 1.82) is 0 Å². The SMILES string of the molecule is CCO[C@H](Cc1ccc(OC[C@@H](O)c2cccc(OC)c2)cc1)C(=O)N(C)OC. The van der Waals surface area contributed by atoms with Crippen molar-refractivity contribution in [1.82, 2.24) is 5.06 Å². The molecule has 158 valence electrons. The van der Waals surface area contributed by atoms with Gasteiger partial charge in [-0.3, -0.25) is 9.63 Å². The Morgan fingerprint density at radius 1 is 1.10 bits per heavy atom. The van der Waals surface area contributed by atoms with Crippen LogP contribution in [0.4, 0.5) is 0 Å². The van der Waals surface area contributed by atoms with Crippen molar-refractivity contribution in [3.63, 3.8) is 0 Å². The number of rotatable bonds is 11. The molecule has 0 unspecified atom stereocenters. The van der Waals surface area contributed by atoms with Gasteiger partial charge in [-0.05, 0) is 42.3 Å². The van der Waals surface area contributed by atoms with Gasteiger partial charge in [0.1, 0.15) is 30.3 Å². The van der Waals surface area contributed by atoms with Crippen LogP contribution in [0.15, 0.2) is 48.5 Å². The Morgan fingerprint density at radius 2 is 1.83 bits per heavy atom. The van der Waals surface area contributed by atoms with E-state index < -0.39 is 12.2 Å². The second kappa shape index (κ2) is 11.4. The number of ether oxygens (including phenoxy) is 3. The lowest BCUT2D eigenvalue weighted by Gasteiger charge is -2.21. The van der Waals surface area contributed by atoms with E-state index >= 15 is 0 Å². The van der Waals surface area contributed by atoms with Crippen molar-refractivity contribution in [2.75, 3.05) is 34.5 Å². The molecule has 2 aromatic rings. The summed E-state index contributed by atoms with van der Waals surface area (Å²) in [6.07, 6.45) is -0.964. The Labute approximate surface area is 171 Å². The van der Waals surface area contributed by atoms with Crippen LogP contribution in [0.25, 0.3) is 0 Å². The zero-order valence-electron chi connectivity index (χ0n) is 17.3.